The second-order valence-electron chi connectivity index (χ2n) is 12.9. The van der Waals surface area contributed by atoms with Crippen LogP contribution in [0.25, 0.3) is 21.8 Å². The second-order valence-corrected chi connectivity index (χ2v) is 13.3. The molecule has 0 unspecified atom stereocenters. The SMILES string of the molecule is CCN(C)C.NC(=O)C1CCN(C(=O)c2c[nH]c3ccccc23)CC1.O=C(CCc1c[nH]c2ccccc12)N1CCCc2cc(Cl)ccc21. The van der Waals surface area contributed by atoms with E-state index in [9.17, 15) is 14.4 Å². The van der Waals surface area contributed by atoms with Crippen LogP contribution in [0.3, 0.4) is 0 Å². The van der Waals surface area contributed by atoms with Crippen molar-refractivity contribution in [2.45, 2.75) is 45.4 Å². The highest BCUT2D eigenvalue weighted by Crippen LogP contribution is 2.30. The van der Waals surface area contributed by atoms with Crippen LogP contribution < -0.4 is 10.6 Å². The van der Waals surface area contributed by atoms with Crippen molar-refractivity contribution in [3.8, 4) is 0 Å². The number of hydrogen-bond donors (Lipinski definition) is 3. The summed E-state index contributed by atoms with van der Waals surface area (Å²) >= 11 is 6.08. The fourth-order valence-corrected chi connectivity index (χ4v) is 6.52. The minimum Gasteiger partial charge on any atom is -0.369 e. The number of amides is 3. The Morgan fingerprint density at radius 2 is 1.53 bits per heavy atom. The Balaban J connectivity index is 0.000000170. The highest BCUT2D eigenvalue weighted by atomic mass is 35.5. The van der Waals surface area contributed by atoms with Crippen LogP contribution >= 0.6 is 11.6 Å². The van der Waals surface area contributed by atoms with Gasteiger partial charge in [0.1, 0.15) is 0 Å². The van der Waals surface area contributed by atoms with E-state index in [1.54, 1.807) is 11.1 Å². The summed E-state index contributed by atoms with van der Waals surface area (Å²) in [4.78, 5) is 48.7. The van der Waals surface area contributed by atoms with Crippen molar-refractivity contribution in [1.29, 1.82) is 0 Å². The fraction of sp³-hybridized carbons (Fsp3) is 0.359. The van der Waals surface area contributed by atoms with E-state index in [0.717, 1.165) is 59.5 Å². The van der Waals surface area contributed by atoms with Gasteiger partial charge in [0, 0.05) is 76.9 Å². The molecule has 4 N–H and O–H groups in total. The number of benzene rings is 3. The number of rotatable bonds is 6. The molecule has 258 valence electrons. The summed E-state index contributed by atoms with van der Waals surface area (Å²) in [5.41, 5.74) is 11.5. The van der Waals surface area contributed by atoms with Crippen molar-refractivity contribution in [2.24, 2.45) is 11.7 Å². The highest BCUT2D eigenvalue weighted by molar-refractivity contribution is 6.30. The number of aromatic amines is 2. The van der Waals surface area contributed by atoms with Gasteiger partial charge >= 0.3 is 0 Å². The van der Waals surface area contributed by atoms with E-state index in [0.29, 0.717) is 37.9 Å². The van der Waals surface area contributed by atoms with Crippen molar-refractivity contribution in [3.63, 3.8) is 0 Å². The zero-order chi connectivity index (χ0) is 34.9. The number of nitrogens with zero attached hydrogens (tertiary/aromatic N) is 3. The van der Waals surface area contributed by atoms with Crippen molar-refractivity contribution in [3.05, 3.63) is 101 Å². The molecular weight excluding hydrogens is 636 g/mol. The third-order valence-electron chi connectivity index (χ3n) is 9.38. The molecule has 2 aromatic heterocycles. The van der Waals surface area contributed by atoms with Crippen molar-refractivity contribution in [2.75, 3.05) is 45.2 Å². The third kappa shape index (κ3) is 8.90. The lowest BCUT2D eigenvalue weighted by atomic mass is 9.96. The molecular formula is C39H47ClN6O3. The number of likely N-dealkylation sites (tertiary alicyclic amines) is 1. The van der Waals surface area contributed by atoms with Gasteiger partial charge < -0.3 is 30.4 Å². The monoisotopic (exact) mass is 682 g/mol. The van der Waals surface area contributed by atoms with E-state index in [1.165, 1.54) is 16.5 Å². The molecule has 0 aliphatic carbocycles. The van der Waals surface area contributed by atoms with E-state index in [1.807, 2.05) is 65.7 Å². The molecule has 3 aromatic carbocycles. The number of nitrogens with one attached hydrogen (secondary N) is 2. The third-order valence-corrected chi connectivity index (χ3v) is 9.62. The van der Waals surface area contributed by atoms with Crippen LogP contribution in [0.15, 0.2) is 79.1 Å². The Bertz CT molecular complexity index is 1890. The zero-order valence-electron chi connectivity index (χ0n) is 28.7. The quantitative estimate of drug-likeness (QED) is 0.182. The minimum absolute atomic E-state index is 0.0189. The maximum absolute atomic E-state index is 12.8. The summed E-state index contributed by atoms with van der Waals surface area (Å²) in [6, 6.07) is 21.8. The molecule has 1 saturated heterocycles. The molecule has 10 heteroatoms. The lowest BCUT2D eigenvalue weighted by Crippen LogP contribution is -2.41. The van der Waals surface area contributed by atoms with E-state index < -0.39 is 0 Å². The first-order chi connectivity index (χ1) is 23.7. The Labute approximate surface area is 293 Å². The van der Waals surface area contributed by atoms with Crippen molar-refractivity contribution < 1.29 is 14.4 Å². The number of nitrogens with two attached hydrogens (primary N) is 1. The summed E-state index contributed by atoms with van der Waals surface area (Å²) in [6.45, 7) is 5.24. The number of para-hydroxylation sites is 2. The topological polar surface area (TPSA) is 119 Å². The summed E-state index contributed by atoms with van der Waals surface area (Å²) in [5.74, 6) is -0.153. The number of aromatic nitrogens is 2. The molecule has 49 heavy (non-hydrogen) atoms. The minimum atomic E-state index is -0.260. The number of piperidine rings is 1. The van der Waals surface area contributed by atoms with Gasteiger partial charge in [0.05, 0.1) is 5.56 Å². The summed E-state index contributed by atoms with van der Waals surface area (Å²) in [7, 11) is 4.11. The number of hydrogen-bond acceptors (Lipinski definition) is 4. The molecule has 7 rings (SSSR count). The largest absolute Gasteiger partial charge is 0.369 e. The van der Waals surface area contributed by atoms with Crippen molar-refractivity contribution >= 4 is 56.8 Å². The van der Waals surface area contributed by atoms with Gasteiger partial charge in [-0.3, -0.25) is 14.4 Å². The van der Waals surface area contributed by atoms with Crippen LogP contribution in [0.5, 0.6) is 0 Å². The standard InChI is InChI=1S/C20H19ClN2O.C15H17N3O2.C4H11N/c21-16-8-9-19-14(12-16)4-3-11-23(19)20(24)10-7-15-13-22-18-6-2-1-5-17(15)18;16-14(19)10-5-7-18(8-6-10)15(20)12-9-17-13-4-2-1-3-11(12)13;1-4-5(2)3/h1-2,5-6,8-9,12-13,22H,3-4,7,10-11H2;1-4,9-10,17H,5-8H2,(H2,16,19);4H2,1-3H3. The number of aryl methyl sites for hydroxylation is 2. The molecule has 0 saturated carbocycles. The smallest absolute Gasteiger partial charge is 0.256 e. The van der Waals surface area contributed by atoms with Gasteiger partial charge in [0.15, 0.2) is 0 Å². The van der Waals surface area contributed by atoms with E-state index in [-0.39, 0.29) is 23.6 Å². The molecule has 9 nitrogen and oxygen atoms in total. The normalized spacial score (nSPS) is 14.6. The molecule has 5 aromatic rings. The lowest BCUT2D eigenvalue weighted by Gasteiger charge is -2.30. The molecule has 2 aliphatic rings. The Morgan fingerprint density at radius 1 is 0.898 bits per heavy atom. The van der Waals surface area contributed by atoms with E-state index >= 15 is 0 Å². The molecule has 0 radical (unpaired) electrons. The number of carbonyl (C=O) groups excluding carboxylic acids is 3. The molecule has 3 amide bonds. The van der Waals surface area contributed by atoms with Gasteiger partial charge in [-0.05, 0) is 94.2 Å². The molecule has 0 bridgehead atoms. The predicted octanol–water partition coefficient (Wildman–Crippen LogP) is 6.81. The number of halogens is 1. The Hall–Kier alpha value is -4.60. The number of primary amides is 1. The van der Waals surface area contributed by atoms with Crippen LogP contribution in [0.1, 0.15) is 54.1 Å². The van der Waals surface area contributed by atoms with Crippen LogP contribution in [0.4, 0.5) is 5.69 Å². The predicted molar refractivity (Wildman–Crippen MR) is 199 cm³/mol. The average molecular weight is 683 g/mol. The maximum Gasteiger partial charge on any atom is 0.256 e. The number of H-pyrrole nitrogens is 2. The van der Waals surface area contributed by atoms with Gasteiger partial charge in [0.25, 0.3) is 5.91 Å². The first-order valence-electron chi connectivity index (χ1n) is 17.1. The van der Waals surface area contributed by atoms with Gasteiger partial charge in [0.2, 0.25) is 11.8 Å². The van der Waals surface area contributed by atoms with Gasteiger partial charge in [-0.1, -0.05) is 54.9 Å². The highest BCUT2D eigenvalue weighted by Gasteiger charge is 2.27. The van der Waals surface area contributed by atoms with Crippen LogP contribution in [0.2, 0.25) is 5.02 Å². The molecule has 0 atom stereocenters. The average Bonchev–Trinajstić information content (AvgIpc) is 3.75. The summed E-state index contributed by atoms with van der Waals surface area (Å²) < 4.78 is 0. The summed E-state index contributed by atoms with van der Waals surface area (Å²) in [5, 5.41) is 2.88. The van der Waals surface area contributed by atoms with Gasteiger partial charge in [-0.25, -0.2) is 0 Å². The second kappa shape index (κ2) is 16.7. The van der Waals surface area contributed by atoms with E-state index in [4.69, 9.17) is 17.3 Å². The molecule has 0 spiro atoms. The van der Waals surface area contributed by atoms with Crippen LogP contribution in [-0.2, 0) is 22.4 Å². The first kappa shape index (κ1) is 35.7. The molecule has 1 fully saturated rings. The lowest BCUT2D eigenvalue weighted by molar-refractivity contribution is -0.123. The number of fused-ring (bicyclic) bond motifs is 3. The van der Waals surface area contributed by atoms with E-state index in [2.05, 4.69) is 48.0 Å². The first-order valence-corrected chi connectivity index (χ1v) is 17.5. The Kier molecular flexibility index (Phi) is 12.2. The molecule has 4 heterocycles. The van der Waals surface area contributed by atoms with Crippen LogP contribution in [0, 0.1) is 5.92 Å². The zero-order valence-corrected chi connectivity index (χ0v) is 29.4. The Morgan fingerprint density at radius 3 is 2.20 bits per heavy atom. The van der Waals surface area contributed by atoms with Gasteiger partial charge in [-0.2, -0.15) is 0 Å². The van der Waals surface area contributed by atoms with Crippen LogP contribution in [-0.4, -0.2) is 77.8 Å². The van der Waals surface area contributed by atoms with Crippen molar-refractivity contribution in [1.82, 2.24) is 19.8 Å². The maximum atomic E-state index is 12.8. The summed E-state index contributed by atoms with van der Waals surface area (Å²) in [6.07, 6.45) is 8.34. The number of carbonyl (C=O) groups is 3. The fourth-order valence-electron chi connectivity index (χ4n) is 6.33. The molecule has 2 aliphatic heterocycles. The van der Waals surface area contributed by atoms with Gasteiger partial charge in [-0.15, -0.1) is 0 Å². The number of anilines is 1.